The van der Waals surface area contributed by atoms with Gasteiger partial charge in [0.15, 0.2) is 0 Å². The van der Waals surface area contributed by atoms with Crippen LogP contribution in [0, 0.1) is 11.3 Å². The number of carbonyl (C=O) groups excluding carboxylic acids is 1. The zero-order chi connectivity index (χ0) is 13.0. The summed E-state index contributed by atoms with van der Waals surface area (Å²) in [7, 11) is 1.15. The molecule has 1 aromatic rings. The Labute approximate surface area is 101 Å². The van der Waals surface area contributed by atoms with Crippen LogP contribution in [0.15, 0.2) is 6.07 Å². The van der Waals surface area contributed by atoms with Crippen LogP contribution in [-0.2, 0) is 16.0 Å². The fourth-order valence-electron chi connectivity index (χ4n) is 1.14. The Morgan fingerprint density at radius 2 is 2.35 bits per heavy atom. The number of carbonyl (C=O) groups is 1. The van der Waals surface area contributed by atoms with Crippen LogP contribution in [0.25, 0.3) is 0 Å². The molecule has 1 heterocycles. The summed E-state index contributed by atoms with van der Waals surface area (Å²) in [5.41, 5.74) is -0.742. The summed E-state index contributed by atoms with van der Waals surface area (Å²) < 4.78 is 29.4. The molecule has 17 heavy (non-hydrogen) atoms. The van der Waals surface area contributed by atoms with E-state index in [1.54, 1.807) is 6.07 Å². The van der Waals surface area contributed by atoms with Gasteiger partial charge in [-0.1, -0.05) is 11.6 Å². The van der Waals surface area contributed by atoms with Crippen molar-refractivity contribution in [3.63, 3.8) is 0 Å². The molecule has 0 aliphatic heterocycles. The largest absolute Gasteiger partial charge is 0.469 e. The van der Waals surface area contributed by atoms with Crippen LogP contribution in [0.5, 0.6) is 0 Å². The Morgan fingerprint density at radius 3 is 2.82 bits per heavy atom. The van der Waals surface area contributed by atoms with Gasteiger partial charge in [-0.3, -0.25) is 4.79 Å². The third-order valence-corrected chi connectivity index (χ3v) is 2.25. The zero-order valence-electron chi connectivity index (χ0n) is 8.71. The summed E-state index contributed by atoms with van der Waals surface area (Å²) in [5.74, 6) is -0.670. The first-order valence-corrected chi connectivity index (χ1v) is 4.81. The van der Waals surface area contributed by atoms with Crippen LogP contribution in [-0.4, -0.2) is 18.1 Å². The normalized spacial score (nSPS) is 10.1. The molecule has 0 aliphatic carbocycles. The highest BCUT2D eigenvalue weighted by atomic mass is 35.5. The number of esters is 1. The number of alkyl halides is 2. The van der Waals surface area contributed by atoms with E-state index in [4.69, 9.17) is 16.9 Å². The molecule has 0 unspecified atom stereocenters. The molecule has 1 rings (SSSR count). The third-order valence-electron chi connectivity index (χ3n) is 1.95. The second-order valence-electron chi connectivity index (χ2n) is 3.02. The van der Waals surface area contributed by atoms with Crippen molar-refractivity contribution in [3.8, 4) is 6.07 Å². The van der Waals surface area contributed by atoms with E-state index in [0.717, 1.165) is 13.2 Å². The first-order valence-electron chi connectivity index (χ1n) is 4.44. The molecule has 0 aliphatic rings. The lowest BCUT2D eigenvalue weighted by molar-refractivity contribution is -0.139. The van der Waals surface area contributed by atoms with Crippen molar-refractivity contribution in [1.29, 1.82) is 5.26 Å². The predicted octanol–water partition coefficient (Wildman–Crippen LogP) is 2.26. The first kappa shape index (κ1) is 13.3. The topological polar surface area (TPSA) is 63.0 Å². The van der Waals surface area contributed by atoms with Crippen LogP contribution in [0.2, 0.25) is 5.02 Å². The fraction of sp³-hybridized carbons (Fsp3) is 0.300. The number of ether oxygens (including phenoxy) is 1. The number of aromatic nitrogens is 1. The predicted molar refractivity (Wildman–Crippen MR) is 54.6 cm³/mol. The average molecular weight is 261 g/mol. The minimum Gasteiger partial charge on any atom is -0.469 e. The van der Waals surface area contributed by atoms with Crippen LogP contribution in [0.3, 0.4) is 0 Å². The highest BCUT2D eigenvalue weighted by molar-refractivity contribution is 6.31. The number of rotatable bonds is 3. The number of nitriles is 1. The van der Waals surface area contributed by atoms with E-state index in [-0.39, 0.29) is 22.7 Å². The van der Waals surface area contributed by atoms with Gasteiger partial charge in [-0.15, -0.1) is 0 Å². The molecule has 4 nitrogen and oxygen atoms in total. The molecule has 0 radical (unpaired) electrons. The monoisotopic (exact) mass is 260 g/mol. The molecular formula is C10H7ClF2N2O2. The van der Waals surface area contributed by atoms with E-state index < -0.39 is 18.1 Å². The maximum Gasteiger partial charge on any atom is 0.311 e. The summed E-state index contributed by atoms with van der Waals surface area (Å²) >= 11 is 5.54. The van der Waals surface area contributed by atoms with Crippen LogP contribution < -0.4 is 0 Å². The maximum atomic E-state index is 12.5. The molecule has 1 aromatic heterocycles. The van der Waals surface area contributed by atoms with Crippen molar-refractivity contribution < 1.29 is 18.3 Å². The molecule has 0 saturated heterocycles. The third kappa shape index (κ3) is 3.11. The van der Waals surface area contributed by atoms with Gasteiger partial charge in [0.2, 0.25) is 0 Å². The lowest BCUT2D eigenvalue weighted by Gasteiger charge is -2.07. The Bertz CT molecular complexity index is 486. The molecule has 0 fully saturated rings. The lowest BCUT2D eigenvalue weighted by atomic mass is 10.1. The summed E-state index contributed by atoms with van der Waals surface area (Å²) in [6.45, 7) is 0. The average Bonchev–Trinajstić information content (AvgIpc) is 2.30. The van der Waals surface area contributed by atoms with Gasteiger partial charge in [0.1, 0.15) is 11.8 Å². The molecule has 0 atom stereocenters. The van der Waals surface area contributed by atoms with E-state index in [9.17, 15) is 13.6 Å². The van der Waals surface area contributed by atoms with E-state index in [1.165, 1.54) is 0 Å². The van der Waals surface area contributed by atoms with E-state index in [2.05, 4.69) is 9.72 Å². The SMILES string of the molecule is COC(=O)Cc1nc(C(F)F)c(Cl)cc1C#N. The molecule has 90 valence electrons. The van der Waals surface area contributed by atoms with Gasteiger partial charge in [0.25, 0.3) is 6.43 Å². The number of pyridine rings is 1. The van der Waals surface area contributed by atoms with Gasteiger partial charge in [0, 0.05) is 0 Å². The quantitative estimate of drug-likeness (QED) is 0.782. The highest BCUT2D eigenvalue weighted by Crippen LogP contribution is 2.27. The van der Waals surface area contributed by atoms with Crippen LogP contribution >= 0.6 is 11.6 Å². The van der Waals surface area contributed by atoms with Crippen molar-refractivity contribution in [2.75, 3.05) is 7.11 Å². The number of methoxy groups -OCH3 is 1. The summed E-state index contributed by atoms with van der Waals surface area (Å²) in [6.07, 6.45) is -3.22. The second-order valence-corrected chi connectivity index (χ2v) is 3.42. The number of halogens is 3. The first-order chi connectivity index (χ1) is 7.99. The Morgan fingerprint density at radius 1 is 1.71 bits per heavy atom. The zero-order valence-corrected chi connectivity index (χ0v) is 9.46. The molecule has 0 saturated carbocycles. The van der Waals surface area contributed by atoms with Gasteiger partial charge in [-0.25, -0.2) is 13.8 Å². The Balaban J connectivity index is 3.23. The molecule has 7 heteroatoms. The van der Waals surface area contributed by atoms with Crippen molar-refractivity contribution in [2.45, 2.75) is 12.8 Å². The number of nitrogens with zero attached hydrogens (tertiary/aromatic N) is 2. The second kappa shape index (κ2) is 5.55. The van der Waals surface area contributed by atoms with E-state index >= 15 is 0 Å². The van der Waals surface area contributed by atoms with Gasteiger partial charge in [-0.05, 0) is 6.07 Å². The van der Waals surface area contributed by atoms with Crippen molar-refractivity contribution in [2.24, 2.45) is 0 Å². The summed E-state index contributed by atoms with van der Waals surface area (Å²) in [5, 5.41) is 8.47. The summed E-state index contributed by atoms with van der Waals surface area (Å²) in [6, 6.07) is 2.80. The van der Waals surface area contributed by atoms with Gasteiger partial charge in [0.05, 0.1) is 29.8 Å². The minimum absolute atomic E-state index is 0.0233. The Kier molecular flexibility index (Phi) is 4.35. The lowest BCUT2D eigenvalue weighted by Crippen LogP contribution is -2.09. The number of hydrogen-bond acceptors (Lipinski definition) is 4. The van der Waals surface area contributed by atoms with E-state index in [0.29, 0.717) is 0 Å². The molecular weight excluding hydrogens is 254 g/mol. The minimum atomic E-state index is -2.87. The van der Waals surface area contributed by atoms with Crippen molar-refractivity contribution in [3.05, 3.63) is 28.0 Å². The van der Waals surface area contributed by atoms with E-state index in [1.807, 2.05) is 0 Å². The van der Waals surface area contributed by atoms with Gasteiger partial charge in [-0.2, -0.15) is 5.26 Å². The molecule has 0 spiro atoms. The van der Waals surface area contributed by atoms with Gasteiger partial charge >= 0.3 is 5.97 Å². The van der Waals surface area contributed by atoms with Crippen LogP contribution in [0.1, 0.15) is 23.4 Å². The summed E-state index contributed by atoms with van der Waals surface area (Å²) in [4.78, 5) is 14.5. The van der Waals surface area contributed by atoms with Gasteiger partial charge < -0.3 is 4.74 Å². The standard InChI is InChI=1S/C10H7ClF2N2O2/c1-17-8(16)3-7-5(4-14)2-6(11)9(15-7)10(12)13/h2,10H,3H2,1H3. The molecule has 0 amide bonds. The number of hydrogen-bond donors (Lipinski definition) is 0. The maximum absolute atomic E-state index is 12.5. The van der Waals surface area contributed by atoms with Crippen molar-refractivity contribution >= 4 is 17.6 Å². The smallest absolute Gasteiger partial charge is 0.311 e. The molecule has 0 bridgehead atoms. The molecule has 0 N–H and O–H groups in total. The Hall–Kier alpha value is -1.74. The van der Waals surface area contributed by atoms with Crippen molar-refractivity contribution in [1.82, 2.24) is 4.98 Å². The highest BCUT2D eigenvalue weighted by Gasteiger charge is 2.19. The molecule has 0 aromatic carbocycles. The van der Waals surface area contributed by atoms with Crippen LogP contribution in [0.4, 0.5) is 8.78 Å². The fourth-order valence-corrected chi connectivity index (χ4v) is 1.37.